The molecule has 4 N–H and O–H groups in total. The molecular weight excluding hydrogens is 380 g/mol. The largest absolute Gasteiger partial charge is 0.552 e. The number of nitrogens with two attached hydrogens (primary N) is 1. The van der Waals surface area contributed by atoms with E-state index < -0.39 is 18.8 Å². The summed E-state index contributed by atoms with van der Waals surface area (Å²) in [4.78, 5) is 11.9. The lowest BCUT2D eigenvalue weighted by molar-refractivity contribution is 0.0342. The zero-order valence-electron chi connectivity index (χ0n) is 15.2. The summed E-state index contributed by atoms with van der Waals surface area (Å²) in [6, 6.07) is 4.45. The van der Waals surface area contributed by atoms with Crippen LogP contribution in [-0.2, 0) is 4.74 Å². The number of nitrogens with zero attached hydrogens (tertiary/aromatic N) is 3. The first-order valence-electron chi connectivity index (χ1n) is 8.96. The molecule has 1 fully saturated rings. The molecule has 0 spiro atoms. The van der Waals surface area contributed by atoms with E-state index in [9.17, 15) is 19.5 Å². The SMILES string of the molecule is N#CC1CCOC[C@@H]1n1cc(C(N)=O)c(Nc2cc3c(cc2F)OB(O)C=C3)n1. The normalized spacial score (nSPS) is 20.5. The first kappa shape index (κ1) is 19.0. The number of benzene rings is 1. The van der Waals surface area contributed by atoms with Gasteiger partial charge in [-0.15, -0.1) is 0 Å². The fourth-order valence-electron chi connectivity index (χ4n) is 3.35. The fourth-order valence-corrected chi connectivity index (χ4v) is 3.35. The molecule has 0 aliphatic carbocycles. The zero-order chi connectivity index (χ0) is 20.5. The van der Waals surface area contributed by atoms with Gasteiger partial charge < -0.3 is 25.5 Å². The lowest BCUT2D eigenvalue weighted by atomic mass is 9.86. The molecule has 2 aliphatic heterocycles. The highest BCUT2D eigenvalue weighted by atomic mass is 19.1. The predicted molar refractivity (Wildman–Crippen MR) is 102 cm³/mol. The summed E-state index contributed by atoms with van der Waals surface area (Å²) in [5.41, 5.74) is 6.12. The van der Waals surface area contributed by atoms with E-state index >= 15 is 0 Å². The van der Waals surface area contributed by atoms with Gasteiger partial charge in [0.1, 0.15) is 17.1 Å². The summed E-state index contributed by atoms with van der Waals surface area (Å²) < 4.78 is 26.6. The van der Waals surface area contributed by atoms with E-state index in [1.54, 1.807) is 6.08 Å². The summed E-state index contributed by atoms with van der Waals surface area (Å²) >= 11 is 0. The van der Waals surface area contributed by atoms with Crippen LogP contribution in [0.2, 0.25) is 0 Å². The summed E-state index contributed by atoms with van der Waals surface area (Å²) in [7, 11) is -1.14. The predicted octanol–water partition coefficient (Wildman–Crippen LogP) is 1.39. The maximum Gasteiger partial charge on any atom is 0.552 e. The number of carbonyl (C=O) groups excluding carboxylic acids is 1. The third-order valence-corrected chi connectivity index (χ3v) is 4.87. The second-order valence-corrected chi connectivity index (χ2v) is 6.76. The second kappa shape index (κ2) is 7.58. The molecule has 2 aromatic rings. The summed E-state index contributed by atoms with van der Waals surface area (Å²) in [5, 5.41) is 26.0. The average molecular weight is 397 g/mol. The molecule has 1 aromatic carbocycles. The van der Waals surface area contributed by atoms with Crippen molar-refractivity contribution in [3.05, 3.63) is 41.2 Å². The number of anilines is 2. The highest BCUT2D eigenvalue weighted by Gasteiger charge is 2.30. The number of nitrogens with one attached hydrogen (secondary N) is 1. The molecule has 1 aromatic heterocycles. The Hall–Kier alpha value is -3.36. The molecule has 11 heteroatoms. The third kappa shape index (κ3) is 3.67. The first-order chi connectivity index (χ1) is 14.0. The van der Waals surface area contributed by atoms with Crippen LogP contribution >= 0.6 is 0 Å². The van der Waals surface area contributed by atoms with Gasteiger partial charge >= 0.3 is 7.12 Å². The minimum absolute atomic E-state index is 0.0536. The molecule has 1 saturated heterocycles. The molecule has 2 atom stereocenters. The molecule has 2 aliphatic rings. The number of nitriles is 1. The van der Waals surface area contributed by atoms with Gasteiger partial charge in [-0.05, 0) is 18.5 Å². The quantitative estimate of drug-likeness (QED) is 0.664. The maximum atomic E-state index is 14.5. The monoisotopic (exact) mass is 397 g/mol. The standard InChI is InChI=1S/C18H17BFN5O4/c20-13-6-16-10(1-3-19(27)29-16)5-14(13)23-18-12(17(22)26)8-25(24-18)15-9-28-4-2-11(15)7-21/h1,3,5-6,8,11,15,27H,2,4,9H2,(H2,22,26)(H,23,24)/t11?,15-/m0/s1. The number of fused-ring (bicyclic) bond motifs is 1. The molecule has 4 rings (SSSR count). The van der Waals surface area contributed by atoms with Crippen molar-refractivity contribution in [3.8, 4) is 11.8 Å². The number of amides is 1. The van der Waals surface area contributed by atoms with Gasteiger partial charge in [-0.25, -0.2) is 4.39 Å². The van der Waals surface area contributed by atoms with Gasteiger partial charge in [0.15, 0.2) is 5.82 Å². The lowest BCUT2D eigenvalue weighted by Crippen LogP contribution is -2.29. The van der Waals surface area contributed by atoms with Crippen LogP contribution in [0, 0.1) is 23.1 Å². The maximum absolute atomic E-state index is 14.5. The van der Waals surface area contributed by atoms with E-state index in [2.05, 4.69) is 16.5 Å². The second-order valence-electron chi connectivity index (χ2n) is 6.76. The number of aromatic nitrogens is 2. The van der Waals surface area contributed by atoms with E-state index in [0.717, 1.165) is 6.07 Å². The zero-order valence-corrected chi connectivity index (χ0v) is 15.2. The summed E-state index contributed by atoms with van der Waals surface area (Å²) in [6.07, 6.45) is 3.58. The first-order valence-corrected chi connectivity index (χ1v) is 8.96. The van der Waals surface area contributed by atoms with Crippen molar-refractivity contribution in [2.75, 3.05) is 18.5 Å². The topological polar surface area (TPSA) is 135 Å². The van der Waals surface area contributed by atoms with Crippen molar-refractivity contribution in [3.63, 3.8) is 0 Å². The van der Waals surface area contributed by atoms with Gasteiger partial charge in [0, 0.05) is 24.4 Å². The van der Waals surface area contributed by atoms with Crippen LogP contribution in [0.1, 0.15) is 28.4 Å². The van der Waals surface area contributed by atoms with Crippen molar-refractivity contribution in [1.82, 2.24) is 9.78 Å². The van der Waals surface area contributed by atoms with Gasteiger partial charge in [-0.3, -0.25) is 9.48 Å². The van der Waals surface area contributed by atoms with Crippen LogP contribution in [0.5, 0.6) is 5.75 Å². The summed E-state index contributed by atoms with van der Waals surface area (Å²) in [6.45, 7) is 0.754. The van der Waals surface area contributed by atoms with Gasteiger partial charge in [-0.1, -0.05) is 6.08 Å². The van der Waals surface area contributed by atoms with Crippen molar-refractivity contribution in [2.24, 2.45) is 11.7 Å². The van der Waals surface area contributed by atoms with Crippen molar-refractivity contribution in [2.45, 2.75) is 12.5 Å². The number of carbonyl (C=O) groups is 1. The molecule has 1 amide bonds. The number of rotatable bonds is 4. The Bertz CT molecular complexity index is 1030. The molecule has 0 bridgehead atoms. The Morgan fingerprint density at radius 3 is 3.10 bits per heavy atom. The molecule has 29 heavy (non-hydrogen) atoms. The highest BCUT2D eigenvalue weighted by molar-refractivity contribution is 6.51. The van der Waals surface area contributed by atoms with E-state index in [4.69, 9.17) is 15.1 Å². The van der Waals surface area contributed by atoms with E-state index in [0.29, 0.717) is 18.6 Å². The van der Waals surface area contributed by atoms with E-state index in [1.165, 1.54) is 22.9 Å². The van der Waals surface area contributed by atoms with Gasteiger partial charge in [0.2, 0.25) is 0 Å². The molecule has 9 nitrogen and oxygen atoms in total. The fraction of sp³-hybridized carbons (Fsp3) is 0.278. The van der Waals surface area contributed by atoms with Crippen LogP contribution < -0.4 is 15.7 Å². The Labute approximate surface area is 165 Å². The van der Waals surface area contributed by atoms with Crippen LogP contribution in [0.4, 0.5) is 15.9 Å². The van der Waals surface area contributed by atoms with Crippen molar-refractivity contribution >= 4 is 30.6 Å². The van der Waals surface area contributed by atoms with Crippen LogP contribution in [0.15, 0.2) is 24.3 Å². The van der Waals surface area contributed by atoms with Crippen LogP contribution in [-0.4, -0.2) is 41.0 Å². The Morgan fingerprint density at radius 1 is 1.52 bits per heavy atom. The molecular formula is C18H17BFN5O4. The van der Waals surface area contributed by atoms with Crippen molar-refractivity contribution in [1.29, 1.82) is 5.26 Å². The molecule has 0 saturated carbocycles. The minimum Gasteiger partial charge on any atom is -0.532 e. The average Bonchev–Trinajstić information content (AvgIpc) is 3.12. The lowest BCUT2D eigenvalue weighted by Gasteiger charge is -2.26. The smallest absolute Gasteiger partial charge is 0.532 e. The Kier molecular flexibility index (Phi) is 4.96. The number of halogens is 1. The Morgan fingerprint density at radius 2 is 2.34 bits per heavy atom. The molecule has 148 valence electrons. The molecule has 0 radical (unpaired) electrons. The summed E-state index contributed by atoms with van der Waals surface area (Å²) in [5.74, 6) is -0.0508. The van der Waals surface area contributed by atoms with Gasteiger partial charge in [0.25, 0.3) is 5.91 Å². The minimum atomic E-state index is -1.14. The molecule has 3 heterocycles. The third-order valence-electron chi connectivity index (χ3n) is 4.87. The number of hydrogen-bond acceptors (Lipinski definition) is 7. The number of ether oxygens (including phenoxy) is 1. The van der Waals surface area contributed by atoms with Crippen LogP contribution in [0.3, 0.4) is 0 Å². The van der Waals surface area contributed by atoms with E-state index in [1.807, 2.05) is 0 Å². The van der Waals surface area contributed by atoms with Gasteiger partial charge in [0.05, 0.1) is 30.3 Å². The Balaban J connectivity index is 1.68. The molecule has 1 unspecified atom stereocenters. The van der Waals surface area contributed by atoms with E-state index in [-0.39, 0.29) is 41.4 Å². The van der Waals surface area contributed by atoms with Crippen molar-refractivity contribution < 1.29 is 23.6 Å². The number of hydrogen-bond donors (Lipinski definition) is 3. The highest BCUT2D eigenvalue weighted by Crippen LogP contribution is 2.33. The number of primary amides is 1. The van der Waals surface area contributed by atoms with Gasteiger partial charge in [-0.2, -0.15) is 10.4 Å². The van der Waals surface area contributed by atoms with Crippen LogP contribution in [0.25, 0.3) is 6.08 Å².